The summed E-state index contributed by atoms with van der Waals surface area (Å²) in [4.78, 5) is 18.2. The molecule has 4 N–H and O–H groups in total. The third kappa shape index (κ3) is 9.56. The van der Waals surface area contributed by atoms with E-state index in [0.29, 0.717) is 0 Å². The first-order chi connectivity index (χ1) is 2.64. The van der Waals surface area contributed by atoms with Gasteiger partial charge in [-0.05, 0) is 0 Å². The third-order valence-corrected chi connectivity index (χ3v) is 0.183. The van der Waals surface area contributed by atoms with Crippen molar-refractivity contribution in [2.75, 3.05) is 0 Å². The molecule has 0 aromatic heterocycles. The van der Waals surface area contributed by atoms with Crippen LogP contribution in [0, 0.1) is 41.7 Å². The predicted molar refractivity (Wildman–Crippen MR) is 20.6 cm³/mol. The average Bonchev–Trinajstić information content (AvgIpc) is 1.36. The normalized spacial score (nSPS) is 5.50. The van der Waals surface area contributed by atoms with Gasteiger partial charge in [0.2, 0.25) is 0 Å². The van der Waals surface area contributed by atoms with Gasteiger partial charge in [-0.25, -0.2) is 9.59 Å². The van der Waals surface area contributed by atoms with E-state index in [1.165, 1.54) is 0 Å². The maximum absolute atomic E-state index is 9.10. The van der Waals surface area contributed by atoms with E-state index in [-0.39, 0.29) is 47.9 Å². The van der Waals surface area contributed by atoms with Gasteiger partial charge < -0.3 is 16.4 Å². The fourth-order valence-corrected chi connectivity index (χ4v) is 0. The molecular formula is C2H4CeNO4-. The zero-order valence-corrected chi connectivity index (χ0v) is 6.93. The van der Waals surface area contributed by atoms with Gasteiger partial charge in [0.05, 0.1) is 0 Å². The summed E-state index contributed by atoms with van der Waals surface area (Å²) >= 11 is 0. The summed E-state index contributed by atoms with van der Waals surface area (Å²) in [6, 6.07) is 0. The van der Waals surface area contributed by atoms with Crippen molar-refractivity contribution in [3.63, 3.8) is 0 Å². The summed E-state index contributed by atoms with van der Waals surface area (Å²) in [5.41, 5.74) is 0. The molecular weight excluding hydrogens is 242 g/mol. The second-order valence-corrected chi connectivity index (χ2v) is 0.610. The number of aliphatic carboxylic acids is 2. The first-order valence-corrected chi connectivity index (χ1v) is 1.11. The fraction of sp³-hybridized carbons (Fsp3) is 0. The Hall–Kier alpha value is 0.277. The largest absolute Gasteiger partial charge is 0.693 e. The van der Waals surface area contributed by atoms with E-state index >= 15 is 0 Å². The second kappa shape index (κ2) is 7.28. The summed E-state index contributed by atoms with van der Waals surface area (Å²) in [5.74, 6) is -3.65. The van der Waals surface area contributed by atoms with E-state index in [9.17, 15) is 0 Å². The summed E-state index contributed by atoms with van der Waals surface area (Å²) in [7, 11) is 0. The Balaban J connectivity index is -0.000000125. The molecule has 0 atom stereocenters. The number of hydrogen-bond acceptors (Lipinski definition) is 2. The molecule has 0 aromatic rings. The quantitative estimate of drug-likeness (QED) is 0.580. The molecule has 0 aromatic carbocycles. The Morgan fingerprint density at radius 2 is 1.12 bits per heavy atom. The van der Waals surface area contributed by atoms with Crippen molar-refractivity contribution in [3.05, 3.63) is 6.15 Å². The van der Waals surface area contributed by atoms with E-state index in [2.05, 4.69) is 0 Å². The minimum absolute atomic E-state index is 0. The van der Waals surface area contributed by atoms with Crippen LogP contribution in [0.2, 0.25) is 0 Å². The standard InChI is InChI=1S/C2H2O4.Ce.H2N/c3-1(4)2(5)6;;/h(H,3,4)(H,5,6);;1H2/q;;-1. The number of nitrogens with two attached hydrogens (primary N) is 1. The van der Waals surface area contributed by atoms with E-state index in [4.69, 9.17) is 19.8 Å². The van der Waals surface area contributed by atoms with Gasteiger partial charge in [-0.1, -0.05) is 0 Å². The molecule has 0 spiro atoms. The van der Waals surface area contributed by atoms with Crippen molar-refractivity contribution < 1.29 is 61.5 Å². The summed E-state index contributed by atoms with van der Waals surface area (Å²) in [6.45, 7) is 0. The summed E-state index contributed by atoms with van der Waals surface area (Å²) < 4.78 is 0. The molecule has 0 saturated heterocycles. The molecule has 0 aliphatic carbocycles. The summed E-state index contributed by atoms with van der Waals surface area (Å²) in [6.07, 6.45) is 0. The SMILES string of the molecule is O=C(O)C(=O)O.[Ce].[NH2-]. The van der Waals surface area contributed by atoms with Crippen molar-refractivity contribution in [3.8, 4) is 0 Å². The van der Waals surface area contributed by atoms with Crippen LogP contribution in [-0.4, -0.2) is 22.2 Å². The fourth-order valence-electron chi connectivity index (χ4n) is 0. The molecule has 0 rings (SSSR count). The zero-order chi connectivity index (χ0) is 5.15. The van der Waals surface area contributed by atoms with Crippen LogP contribution in [0.4, 0.5) is 0 Å². The van der Waals surface area contributed by atoms with Gasteiger partial charge in [0.1, 0.15) is 0 Å². The first-order valence-electron chi connectivity index (χ1n) is 1.11. The Bertz CT molecular complexity index is 80.0. The number of carboxylic acids is 2. The Morgan fingerprint density at radius 1 is 1.00 bits per heavy atom. The minimum Gasteiger partial charge on any atom is -0.693 e. The molecule has 0 radical (unpaired) electrons. The summed E-state index contributed by atoms with van der Waals surface area (Å²) in [5, 5.41) is 14.8. The minimum atomic E-state index is -1.82. The van der Waals surface area contributed by atoms with Crippen LogP contribution in [-0.2, 0) is 9.59 Å². The van der Waals surface area contributed by atoms with Gasteiger partial charge >= 0.3 is 11.9 Å². The van der Waals surface area contributed by atoms with Crippen molar-refractivity contribution in [1.82, 2.24) is 0 Å². The monoisotopic (exact) mass is 246 g/mol. The molecule has 0 aliphatic heterocycles. The molecule has 0 fully saturated rings. The molecule has 0 heterocycles. The molecule has 46 valence electrons. The first kappa shape index (κ1) is 15.7. The maximum Gasteiger partial charge on any atom is 0.414 e. The molecule has 0 bridgehead atoms. The van der Waals surface area contributed by atoms with Crippen molar-refractivity contribution in [2.24, 2.45) is 0 Å². The van der Waals surface area contributed by atoms with Gasteiger partial charge in [0.25, 0.3) is 0 Å². The molecule has 6 heteroatoms. The van der Waals surface area contributed by atoms with Crippen LogP contribution in [0.3, 0.4) is 0 Å². The number of carbonyl (C=O) groups is 2. The van der Waals surface area contributed by atoms with Crippen molar-refractivity contribution >= 4 is 11.9 Å². The van der Waals surface area contributed by atoms with Gasteiger partial charge in [0, 0.05) is 41.7 Å². The van der Waals surface area contributed by atoms with E-state index in [1.54, 1.807) is 0 Å². The number of rotatable bonds is 0. The zero-order valence-electron chi connectivity index (χ0n) is 3.79. The molecule has 0 amide bonds. The molecule has 0 unspecified atom stereocenters. The van der Waals surface area contributed by atoms with Gasteiger partial charge in [-0.2, -0.15) is 0 Å². The number of carboxylic acid groups (broad SMARTS) is 2. The number of hydrogen-bond donors (Lipinski definition) is 2. The van der Waals surface area contributed by atoms with Crippen LogP contribution in [0.5, 0.6) is 0 Å². The smallest absolute Gasteiger partial charge is 0.414 e. The van der Waals surface area contributed by atoms with E-state index in [1.807, 2.05) is 0 Å². The topological polar surface area (TPSA) is 108 Å². The average molecular weight is 246 g/mol. The Morgan fingerprint density at radius 3 is 1.12 bits per heavy atom. The molecule has 8 heavy (non-hydrogen) atoms. The Labute approximate surface area is 79.0 Å². The predicted octanol–water partition coefficient (Wildman–Crippen LogP) is -0.127. The van der Waals surface area contributed by atoms with Crippen LogP contribution < -0.4 is 0 Å². The third-order valence-electron chi connectivity index (χ3n) is 0.183. The molecule has 5 nitrogen and oxygen atoms in total. The van der Waals surface area contributed by atoms with Crippen LogP contribution in [0.25, 0.3) is 6.15 Å². The molecule has 0 aliphatic rings. The van der Waals surface area contributed by atoms with Gasteiger partial charge in [0.15, 0.2) is 0 Å². The van der Waals surface area contributed by atoms with Gasteiger partial charge in [-0.3, -0.25) is 0 Å². The maximum atomic E-state index is 9.10. The second-order valence-electron chi connectivity index (χ2n) is 0.610. The molecule has 0 saturated carbocycles. The van der Waals surface area contributed by atoms with Crippen LogP contribution in [0.15, 0.2) is 0 Å². The van der Waals surface area contributed by atoms with Crippen molar-refractivity contribution in [2.45, 2.75) is 0 Å². The van der Waals surface area contributed by atoms with Gasteiger partial charge in [-0.15, -0.1) is 0 Å². The van der Waals surface area contributed by atoms with Crippen LogP contribution >= 0.6 is 0 Å². The van der Waals surface area contributed by atoms with Crippen LogP contribution in [0.1, 0.15) is 0 Å². The van der Waals surface area contributed by atoms with E-state index in [0.717, 1.165) is 0 Å². The van der Waals surface area contributed by atoms with Crippen molar-refractivity contribution in [1.29, 1.82) is 0 Å². The van der Waals surface area contributed by atoms with E-state index < -0.39 is 11.9 Å². The Kier molecular flexibility index (Phi) is 14.3.